The summed E-state index contributed by atoms with van der Waals surface area (Å²) in [6.45, 7) is 0. The lowest BCUT2D eigenvalue weighted by Gasteiger charge is -2.06. The van der Waals surface area contributed by atoms with E-state index in [1.165, 1.54) is 6.33 Å². The Kier molecular flexibility index (Phi) is 3.09. The molecule has 0 unspecified atom stereocenters. The standard InChI is InChI=1S/C10H6BrF2N3/c11-9-4-10(15-5-14-9)16-8-3-6(12)1-2-7(8)13/h1-5H,(H,14,15,16). The van der Waals surface area contributed by atoms with Crippen molar-refractivity contribution >= 4 is 27.4 Å². The first-order chi connectivity index (χ1) is 7.65. The van der Waals surface area contributed by atoms with Crippen LogP contribution in [0.2, 0.25) is 0 Å². The Morgan fingerprint density at radius 2 is 1.94 bits per heavy atom. The van der Waals surface area contributed by atoms with Crippen LogP contribution < -0.4 is 5.32 Å². The van der Waals surface area contributed by atoms with Gasteiger partial charge in [-0.05, 0) is 28.1 Å². The Bertz CT molecular complexity index is 519. The first-order valence-corrected chi connectivity index (χ1v) is 5.14. The maximum absolute atomic E-state index is 13.3. The first kappa shape index (κ1) is 10.9. The van der Waals surface area contributed by atoms with Crippen molar-refractivity contribution in [3.8, 4) is 0 Å². The van der Waals surface area contributed by atoms with Crippen molar-refractivity contribution < 1.29 is 8.78 Å². The van der Waals surface area contributed by atoms with Crippen molar-refractivity contribution in [2.45, 2.75) is 0 Å². The van der Waals surface area contributed by atoms with Gasteiger partial charge >= 0.3 is 0 Å². The van der Waals surface area contributed by atoms with Crippen LogP contribution >= 0.6 is 15.9 Å². The van der Waals surface area contributed by atoms with E-state index in [9.17, 15) is 8.78 Å². The molecule has 0 aliphatic rings. The molecule has 1 N–H and O–H groups in total. The van der Waals surface area contributed by atoms with E-state index in [0.29, 0.717) is 10.4 Å². The summed E-state index contributed by atoms with van der Waals surface area (Å²) in [5, 5.41) is 2.66. The number of hydrogen-bond acceptors (Lipinski definition) is 3. The molecule has 82 valence electrons. The minimum atomic E-state index is -0.545. The minimum Gasteiger partial charge on any atom is -0.338 e. The van der Waals surface area contributed by atoms with Gasteiger partial charge in [0.25, 0.3) is 0 Å². The molecule has 3 nitrogen and oxygen atoms in total. The van der Waals surface area contributed by atoms with Crippen LogP contribution in [0.15, 0.2) is 35.2 Å². The Morgan fingerprint density at radius 3 is 2.69 bits per heavy atom. The van der Waals surface area contributed by atoms with Crippen molar-refractivity contribution in [2.24, 2.45) is 0 Å². The molecule has 1 heterocycles. The number of hydrogen-bond donors (Lipinski definition) is 1. The lowest BCUT2D eigenvalue weighted by Crippen LogP contribution is -1.97. The summed E-state index contributed by atoms with van der Waals surface area (Å²) >= 11 is 3.15. The molecule has 6 heteroatoms. The zero-order chi connectivity index (χ0) is 11.5. The van der Waals surface area contributed by atoms with E-state index in [2.05, 4.69) is 31.2 Å². The molecule has 2 rings (SSSR count). The van der Waals surface area contributed by atoms with Gasteiger partial charge in [0.1, 0.15) is 28.4 Å². The van der Waals surface area contributed by atoms with E-state index >= 15 is 0 Å². The van der Waals surface area contributed by atoms with Crippen LogP contribution in [-0.4, -0.2) is 9.97 Å². The average Bonchev–Trinajstić information content (AvgIpc) is 2.24. The summed E-state index contributed by atoms with van der Waals surface area (Å²) in [5.74, 6) is -0.681. The van der Waals surface area contributed by atoms with Crippen LogP contribution in [0.3, 0.4) is 0 Å². The summed E-state index contributed by atoms with van der Waals surface area (Å²) in [6.07, 6.45) is 1.31. The average molecular weight is 286 g/mol. The second kappa shape index (κ2) is 4.52. The van der Waals surface area contributed by atoms with E-state index < -0.39 is 11.6 Å². The van der Waals surface area contributed by atoms with Crippen molar-refractivity contribution in [3.63, 3.8) is 0 Å². The maximum atomic E-state index is 13.3. The molecule has 16 heavy (non-hydrogen) atoms. The van der Waals surface area contributed by atoms with E-state index in [4.69, 9.17) is 0 Å². The van der Waals surface area contributed by atoms with Gasteiger partial charge in [-0.1, -0.05) is 0 Å². The Labute approximate surface area is 98.7 Å². The summed E-state index contributed by atoms with van der Waals surface area (Å²) in [5.41, 5.74) is 0.0330. The third kappa shape index (κ3) is 2.52. The van der Waals surface area contributed by atoms with Gasteiger partial charge in [0, 0.05) is 12.1 Å². The molecule has 0 saturated heterocycles. The predicted molar refractivity (Wildman–Crippen MR) is 59.4 cm³/mol. The highest BCUT2D eigenvalue weighted by atomic mass is 79.9. The SMILES string of the molecule is Fc1ccc(F)c(Nc2cc(Br)ncn2)c1. The number of halogens is 3. The van der Waals surface area contributed by atoms with Crippen molar-refractivity contribution in [3.05, 3.63) is 46.8 Å². The van der Waals surface area contributed by atoms with Gasteiger partial charge in [-0.25, -0.2) is 18.7 Å². The van der Waals surface area contributed by atoms with Gasteiger partial charge in [0.15, 0.2) is 0 Å². The van der Waals surface area contributed by atoms with Crippen molar-refractivity contribution in [2.75, 3.05) is 5.32 Å². The van der Waals surface area contributed by atoms with E-state index in [0.717, 1.165) is 18.2 Å². The number of anilines is 2. The summed E-state index contributed by atoms with van der Waals surface area (Å²) in [4.78, 5) is 7.68. The predicted octanol–water partition coefficient (Wildman–Crippen LogP) is 3.26. The zero-order valence-electron chi connectivity index (χ0n) is 7.92. The van der Waals surface area contributed by atoms with Gasteiger partial charge in [0.2, 0.25) is 0 Å². The van der Waals surface area contributed by atoms with Crippen LogP contribution in [0.25, 0.3) is 0 Å². The van der Waals surface area contributed by atoms with Gasteiger partial charge in [-0.2, -0.15) is 0 Å². The van der Waals surface area contributed by atoms with E-state index in [1.807, 2.05) is 0 Å². The molecular formula is C10H6BrF2N3. The number of aromatic nitrogens is 2. The largest absolute Gasteiger partial charge is 0.338 e. The summed E-state index contributed by atoms with van der Waals surface area (Å²) < 4.78 is 26.7. The molecule has 0 fully saturated rings. The van der Waals surface area contributed by atoms with E-state index in [1.54, 1.807) is 6.07 Å². The molecule has 0 radical (unpaired) electrons. The van der Waals surface area contributed by atoms with Crippen molar-refractivity contribution in [1.82, 2.24) is 9.97 Å². The molecule has 0 aliphatic heterocycles. The quantitative estimate of drug-likeness (QED) is 0.861. The Hall–Kier alpha value is -1.56. The molecular weight excluding hydrogens is 280 g/mol. The number of nitrogens with one attached hydrogen (secondary N) is 1. The number of nitrogens with zero attached hydrogens (tertiary/aromatic N) is 2. The molecule has 0 saturated carbocycles. The highest BCUT2D eigenvalue weighted by Crippen LogP contribution is 2.20. The van der Waals surface area contributed by atoms with Gasteiger partial charge in [-0.15, -0.1) is 0 Å². The highest BCUT2D eigenvalue weighted by Gasteiger charge is 2.05. The monoisotopic (exact) mass is 285 g/mol. The fourth-order valence-corrected chi connectivity index (χ4v) is 1.44. The fraction of sp³-hybridized carbons (Fsp3) is 0. The molecule has 0 bridgehead atoms. The number of benzene rings is 1. The van der Waals surface area contributed by atoms with Gasteiger partial charge in [-0.3, -0.25) is 0 Å². The maximum Gasteiger partial charge on any atom is 0.146 e. The van der Waals surface area contributed by atoms with Crippen LogP contribution in [0.4, 0.5) is 20.3 Å². The van der Waals surface area contributed by atoms with Gasteiger partial charge in [0.05, 0.1) is 5.69 Å². The Morgan fingerprint density at radius 1 is 1.12 bits per heavy atom. The van der Waals surface area contributed by atoms with Crippen LogP contribution in [-0.2, 0) is 0 Å². The molecule has 0 amide bonds. The van der Waals surface area contributed by atoms with Gasteiger partial charge < -0.3 is 5.32 Å². The second-order valence-corrected chi connectivity index (χ2v) is 3.79. The van der Waals surface area contributed by atoms with Crippen LogP contribution in [0.1, 0.15) is 0 Å². The minimum absolute atomic E-state index is 0.0330. The normalized spacial score (nSPS) is 10.2. The third-order valence-electron chi connectivity index (χ3n) is 1.82. The zero-order valence-corrected chi connectivity index (χ0v) is 9.50. The molecule has 1 aromatic carbocycles. The Balaban J connectivity index is 2.30. The molecule has 0 aliphatic carbocycles. The topological polar surface area (TPSA) is 37.8 Å². The fourth-order valence-electron chi connectivity index (χ4n) is 1.13. The number of rotatable bonds is 2. The molecule has 1 aromatic heterocycles. The van der Waals surface area contributed by atoms with E-state index in [-0.39, 0.29) is 5.69 Å². The third-order valence-corrected chi connectivity index (χ3v) is 2.26. The molecule has 0 atom stereocenters. The molecule has 0 spiro atoms. The highest BCUT2D eigenvalue weighted by molar-refractivity contribution is 9.10. The van der Waals surface area contributed by atoms with Crippen LogP contribution in [0, 0.1) is 11.6 Å². The first-order valence-electron chi connectivity index (χ1n) is 4.35. The lowest BCUT2D eigenvalue weighted by molar-refractivity contribution is 0.603. The molecule has 2 aromatic rings. The smallest absolute Gasteiger partial charge is 0.146 e. The summed E-state index contributed by atoms with van der Waals surface area (Å²) in [7, 11) is 0. The lowest BCUT2D eigenvalue weighted by atomic mass is 10.3. The summed E-state index contributed by atoms with van der Waals surface area (Å²) in [6, 6.07) is 4.72. The van der Waals surface area contributed by atoms with Crippen LogP contribution in [0.5, 0.6) is 0 Å². The van der Waals surface area contributed by atoms with Crippen molar-refractivity contribution in [1.29, 1.82) is 0 Å². The second-order valence-electron chi connectivity index (χ2n) is 2.98.